The minimum absolute atomic E-state index is 0.0758. The highest BCUT2D eigenvalue weighted by Crippen LogP contribution is 2.32. The smallest absolute Gasteiger partial charge is 0.241 e. The SMILES string of the molecule is CSCCC(NS(=O)(=O)c1ccc(C)cc1)C(=O)NC(CN)C1CC1. The van der Waals surface area contributed by atoms with Crippen LogP contribution in [0.1, 0.15) is 24.8 Å². The minimum Gasteiger partial charge on any atom is -0.350 e. The minimum atomic E-state index is -3.75. The number of hydrogen-bond acceptors (Lipinski definition) is 5. The summed E-state index contributed by atoms with van der Waals surface area (Å²) in [5.41, 5.74) is 6.71. The van der Waals surface area contributed by atoms with Crippen LogP contribution < -0.4 is 15.8 Å². The maximum atomic E-state index is 12.6. The number of carbonyl (C=O) groups excluding carboxylic acids is 1. The van der Waals surface area contributed by atoms with Gasteiger partial charge in [0.05, 0.1) is 4.90 Å². The summed E-state index contributed by atoms with van der Waals surface area (Å²) in [5.74, 6) is 0.807. The van der Waals surface area contributed by atoms with Gasteiger partial charge in [0.1, 0.15) is 6.04 Å². The first kappa shape index (κ1) is 20.2. The number of nitrogens with two attached hydrogens (primary N) is 1. The van der Waals surface area contributed by atoms with E-state index in [9.17, 15) is 13.2 Å². The number of nitrogens with one attached hydrogen (secondary N) is 2. The molecule has 1 saturated carbocycles. The summed E-state index contributed by atoms with van der Waals surface area (Å²) in [7, 11) is -3.75. The van der Waals surface area contributed by atoms with Gasteiger partial charge in [0.25, 0.3) is 0 Å². The molecule has 4 N–H and O–H groups in total. The van der Waals surface area contributed by atoms with Crippen molar-refractivity contribution in [2.75, 3.05) is 18.6 Å². The average molecular weight is 386 g/mol. The van der Waals surface area contributed by atoms with Crippen LogP contribution in [-0.4, -0.2) is 45.0 Å². The van der Waals surface area contributed by atoms with E-state index in [1.807, 2.05) is 13.2 Å². The molecule has 0 spiro atoms. The fourth-order valence-electron chi connectivity index (χ4n) is 2.60. The van der Waals surface area contributed by atoms with Crippen molar-refractivity contribution in [3.63, 3.8) is 0 Å². The maximum Gasteiger partial charge on any atom is 0.241 e. The zero-order valence-electron chi connectivity index (χ0n) is 14.7. The topological polar surface area (TPSA) is 101 Å². The van der Waals surface area contributed by atoms with Gasteiger partial charge in [0.15, 0.2) is 0 Å². The second-order valence-corrected chi connectivity index (χ2v) is 9.16. The number of thioether (sulfide) groups is 1. The van der Waals surface area contributed by atoms with Gasteiger partial charge in [0, 0.05) is 12.6 Å². The van der Waals surface area contributed by atoms with Crippen molar-refractivity contribution in [2.24, 2.45) is 11.7 Å². The van der Waals surface area contributed by atoms with Gasteiger partial charge >= 0.3 is 0 Å². The third kappa shape index (κ3) is 5.99. The lowest BCUT2D eigenvalue weighted by Gasteiger charge is -2.22. The lowest BCUT2D eigenvalue weighted by atomic mass is 10.1. The molecule has 0 bridgehead atoms. The fraction of sp³-hybridized carbons (Fsp3) is 0.588. The summed E-state index contributed by atoms with van der Waals surface area (Å²) < 4.78 is 27.8. The van der Waals surface area contributed by atoms with Crippen LogP contribution in [0.3, 0.4) is 0 Å². The first-order chi connectivity index (χ1) is 11.9. The molecule has 8 heteroatoms. The molecule has 2 atom stereocenters. The zero-order valence-corrected chi connectivity index (χ0v) is 16.3. The Balaban J connectivity index is 2.09. The molecule has 1 aromatic carbocycles. The molecule has 2 rings (SSSR count). The first-order valence-corrected chi connectivity index (χ1v) is 11.3. The van der Waals surface area contributed by atoms with Crippen LogP contribution in [0, 0.1) is 12.8 Å². The molecule has 1 aromatic rings. The standard InChI is InChI=1S/C17H27N3O3S2/c1-12-3-7-14(8-4-12)25(22,23)20-15(9-10-24-2)17(21)19-16(11-18)13-5-6-13/h3-4,7-8,13,15-16,20H,5-6,9-11,18H2,1-2H3,(H,19,21). The van der Waals surface area contributed by atoms with Gasteiger partial charge in [-0.1, -0.05) is 17.7 Å². The normalized spacial score (nSPS) is 17.1. The second-order valence-electron chi connectivity index (χ2n) is 6.46. The molecule has 25 heavy (non-hydrogen) atoms. The van der Waals surface area contributed by atoms with E-state index in [2.05, 4.69) is 10.0 Å². The molecule has 1 fully saturated rings. The maximum absolute atomic E-state index is 12.6. The third-order valence-corrected chi connectivity index (χ3v) is 6.46. The van der Waals surface area contributed by atoms with E-state index >= 15 is 0 Å². The molecule has 0 saturated heterocycles. The highest BCUT2D eigenvalue weighted by atomic mass is 32.2. The highest BCUT2D eigenvalue weighted by Gasteiger charge is 2.33. The number of aryl methyl sites for hydroxylation is 1. The van der Waals surface area contributed by atoms with Gasteiger partial charge in [-0.25, -0.2) is 8.42 Å². The van der Waals surface area contributed by atoms with Gasteiger partial charge in [-0.2, -0.15) is 16.5 Å². The molecule has 6 nitrogen and oxygen atoms in total. The Morgan fingerprint density at radius 2 is 1.96 bits per heavy atom. The van der Waals surface area contributed by atoms with Crippen molar-refractivity contribution in [3.8, 4) is 0 Å². The van der Waals surface area contributed by atoms with Crippen molar-refractivity contribution in [2.45, 2.75) is 43.2 Å². The monoisotopic (exact) mass is 385 g/mol. The van der Waals surface area contributed by atoms with Gasteiger partial charge in [-0.3, -0.25) is 4.79 Å². The molecule has 1 aliphatic carbocycles. The average Bonchev–Trinajstić information content (AvgIpc) is 3.41. The van der Waals surface area contributed by atoms with Crippen LogP contribution in [0.2, 0.25) is 0 Å². The molecular weight excluding hydrogens is 358 g/mol. The number of hydrogen-bond donors (Lipinski definition) is 3. The summed E-state index contributed by atoms with van der Waals surface area (Å²) in [5, 5.41) is 2.92. The van der Waals surface area contributed by atoms with E-state index in [1.165, 1.54) is 0 Å². The Kier molecular flexibility index (Phi) is 7.30. The van der Waals surface area contributed by atoms with E-state index in [4.69, 9.17) is 5.73 Å². The predicted molar refractivity (Wildman–Crippen MR) is 102 cm³/mol. The van der Waals surface area contributed by atoms with E-state index in [0.717, 1.165) is 18.4 Å². The quantitative estimate of drug-likeness (QED) is 0.563. The zero-order chi connectivity index (χ0) is 18.4. The Morgan fingerprint density at radius 3 is 2.48 bits per heavy atom. The largest absolute Gasteiger partial charge is 0.350 e. The summed E-state index contributed by atoms with van der Waals surface area (Å²) in [6.45, 7) is 2.26. The highest BCUT2D eigenvalue weighted by molar-refractivity contribution is 7.98. The number of carbonyl (C=O) groups is 1. The molecule has 1 aliphatic rings. The molecule has 0 heterocycles. The lowest BCUT2D eigenvalue weighted by molar-refractivity contribution is -0.123. The first-order valence-electron chi connectivity index (χ1n) is 8.45. The summed E-state index contributed by atoms with van der Waals surface area (Å²) >= 11 is 1.57. The van der Waals surface area contributed by atoms with E-state index < -0.39 is 16.1 Å². The fourth-order valence-corrected chi connectivity index (χ4v) is 4.30. The number of sulfonamides is 1. The summed E-state index contributed by atoms with van der Waals surface area (Å²) in [4.78, 5) is 12.8. The van der Waals surface area contributed by atoms with Crippen molar-refractivity contribution >= 4 is 27.7 Å². The summed E-state index contributed by atoms with van der Waals surface area (Å²) in [6, 6.07) is 5.70. The molecule has 0 radical (unpaired) electrons. The lowest BCUT2D eigenvalue weighted by Crippen LogP contribution is -2.52. The molecule has 0 aliphatic heterocycles. The number of amides is 1. The second kappa shape index (κ2) is 9.02. The van der Waals surface area contributed by atoms with Crippen molar-refractivity contribution in [1.29, 1.82) is 0 Å². The van der Waals surface area contributed by atoms with E-state index in [-0.39, 0.29) is 16.8 Å². The molecular formula is C17H27N3O3S2. The summed E-state index contributed by atoms with van der Waals surface area (Å²) in [6.07, 6.45) is 4.48. The van der Waals surface area contributed by atoms with Crippen molar-refractivity contribution in [3.05, 3.63) is 29.8 Å². The Morgan fingerprint density at radius 1 is 1.32 bits per heavy atom. The number of rotatable bonds is 10. The molecule has 140 valence electrons. The third-order valence-electron chi connectivity index (χ3n) is 4.33. The van der Waals surface area contributed by atoms with Gasteiger partial charge in [0.2, 0.25) is 15.9 Å². The van der Waals surface area contributed by atoms with E-state index in [1.54, 1.807) is 36.0 Å². The predicted octanol–water partition coefficient (Wildman–Crippen LogP) is 1.25. The Hall–Kier alpha value is -1.09. The van der Waals surface area contributed by atoms with Gasteiger partial charge < -0.3 is 11.1 Å². The van der Waals surface area contributed by atoms with Gasteiger partial charge in [-0.05, 0) is 56.2 Å². The van der Waals surface area contributed by atoms with Crippen molar-refractivity contribution < 1.29 is 13.2 Å². The van der Waals surface area contributed by atoms with Crippen LogP contribution in [0.15, 0.2) is 29.2 Å². The van der Waals surface area contributed by atoms with Gasteiger partial charge in [-0.15, -0.1) is 0 Å². The van der Waals surface area contributed by atoms with Crippen LogP contribution in [0.25, 0.3) is 0 Å². The number of benzene rings is 1. The molecule has 1 amide bonds. The molecule has 0 aromatic heterocycles. The molecule has 2 unspecified atom stereocenters. The van der Waals surface area contributed by atoms with Crippen LogP contribution in [-0.2, 0) is 14.8 Å². The van der Waals surface area contributed by atoms with E-state index in [0.29, 0.717) is 24.6 Å². The van der Waals surface area contributed by atoms with Crippen LogP contribution >= 0.6 is 11.8 Å². The Bertz CT molecular complexity index is 673. The Labute approximate surface area is 154 Å². The van der Waals surface area contributed by atoms with Crippen LogP contribution in [0.5, 0.6) is 0 Å². The van der Waals surface area contributed by atoms with Crippen molar-refractivity contribution in [1.82, 2.24) is 10.0 Å². The van der Waals surface area contributed by atoms with Crippen LogP contribution in [0.4, 0.5) is 0 Å².